The fourth-order valence-electron chi connectivity index (χ4n) is 14.8. The molecular formula is C80H46O2. The first kappa shape index (κ1) is 45.3. The Hall–Kier alpha value is -10.5. The molecule has 0 heterocycles. The molecule has 0 aromatic heterocycles. The zero-order chi connectivity index (χ0) is 53.9. The van der Waals surface area contributed by atoms with Gasteiger partial charge in [0.15, 0.2) is 11.6 Å². The monoisotopic (exact) mass is 1040 g/mol. The summed E-state index contributed by atoms with van der Waals surface area (Å²) in [6.07, 6.45) is 1.70. The van der Waals surface area contributed by atoms with Crippen molar-refractivity contribution >= 4 is 141 Å². The maximum absolute atomic E-state index is 14.9. The first-order valence-corrected chi connectivity index (χ1v) is 28.5. The van der Waals surface area contributed by atoms with Gasteiger partial charge in [0, 0.05) is 22.3 Å². The Labute approximate surface area is 471 Å². The Kier molecular flexibility index (Phi) is 9.39. The summed E-state index contributed by atoms with van der Waals surface area (Å²) in [6.45, 7) is 0. The molecule has 0 spiro atoms. The highest BCUT2D eigenvalue weighted by molar-refractivity contribution is 6.33. The lowest BCUT2D eigenvalue weighted by molar-refractivity contribution is 0.103. The molecule has 0 amide bonds. The van der Waals surface area contributed by atoms with Crippen LogP contribution in [0.1, 0.15) is 54.1 Å². The SMILES string of the molecule is O=C(c1cccc(C(=O)c2ccc3ccc4c(-c5ccc6ccc7c(Cc8cccc(Cc9ccc%10ccc%11cccc%12ccc9c%10c%11%12)c8)ccc8ccc5c6c87)ccc5ccc2c3c54)c1)c1ccc2ccc3cccc4ccc1c2c34. The van der Waals surface area contributed by atoms with E-state index in [0.717, 1.165) is 77.7 Å². The lowest BCUT2D eigenvalue weighted by atomic mass is 9.84. The maximum Gasteiger partial charge on any atom is 0.193 e. The number of carbonyl (C=O) groups is 2. The van der Waals surface area contributed by atoms with E-state index in [1.807, 2.05) is 36.4 Å². The Morgan fingerprint density at radius 3 is 0.976 bits per heavy atom. The molecule has 378 valence electrons. The third-order valence-electron chi connectivity index (χ3n) is 18.5. The molecule has 0 N–H and O–H groups in total. The fraction of sp³-hybridized carbons (Fsp3) is 0.0250. The van der Waals surface area contributed by atoms with Crippen LogP contribution < -0.4 is 0 Å². The largest absolute Gasteiger partial charge is 0.289 e. The number of carbonyl (C=O) groups excluding carboxylic acids is 2. The van der Waals surface area contributed by atoms with Crippen LogP contribution in [0.4, 0.5) is 0 Å². The van der Waals surface area contributed by atoms with E-state index in [9.17, 15) is 9.59 Å². The number of hydrogen-bond donors (Lipinski definition) is 0. The molecule has 18 aromatic carbocycles. The first-order chi connectivity index (χ1) is 40.5. The van der Waals surface area contributed by atoms with Crippen molar-refractivity contribution in [2.45, 2.75) is 12.8 Å². The van der Waals surface area contributed by atoms with Crippen LogP contribution in [0.5, 0.6) is 0 Å². The van der Waals surface area contributed by atoms with Crippen molar-refractivity contribution in [2.24, 2.45) is 0 Å². The minimum atomic E-state index is -0.109. The molecule has 18 rings (SSSR count). The van der Waals surface area contributed by atoms with Gasteiger partial charge in [0.25, 0.3) is 0 Å². The third-order valence-corrected chi connectivity index (χ3v) is 18.5. The lowest BCUT2D eigenvalue weighted by Crippen LogP contribution is -2.07. The number of ketones is 2. The van der Waals surface area contributed by atoms with Gasteiger partial charge < -0.3 is 0 Å². The Morgan fingerprint density at radius 1 is 0.232 bits per heavy atom. The molecule has 0 atom stereocenters. The van der Waals surface area contributed by atoms with E-state index in [4.69, 9.17) is 0 Å². The van der Waals surface area contributed by atoms with E-state index in [1.165, 1.54) is 97.8 Å². The summed E-state index contributed by atoms with van der Waals surface area (Å²) in [5, 5.41) is 28.6. The average Bonchev–Trinajstić information content (AvgIpc) is 2.54. The van der Waals surface area contributed by atoms with Gasteiger partial charge in [-0.05, 0) is 194 Å². The van der Waals surface area contributed by atoms with Crippen molar-refractivity contribution in [3.05, 3.63) is 299 Å². The second-order valence-electron chi connectivity index (χ2n) is 22.9. The molecule has 0 saturated carbocycles. The summed E-state index contributed by atoms with van der Waals surface area (Å²) < 4.78 is 0. The van der Waals surface area contributed by atoms with Crippen LogP contribution in [0, 0.1) is 0 Å². The van der Waals surface area contributed by atoms with Crippen molar-refractivity contribution in [1.82, 2.24) is 0 Å². The van der Waals surface area contributed by atoms with Crippen LogP contribution in [0.15, 0.2) is 255 Å². The van der Waals surface area contributed by atoms with Crippen LogP contribution in [0.2, 0.25) is 0 Å². The molecular weight excluding hydrogens is 993 g/mol. The Bertz CT molecular complexity index is 5710. The second kappa shape index (κ2) is 17.0. The molecule has 0 aliphatic rings. The molecule has 0 unspecified atom stereocenters. The van der Waals surface area contributed by atoms with Gasteiger partial charge in [-0.3, -0.25) is 9.59 Å². The van der Waals surface area contributed by atoms with Crippen LogP contribution >= 0.6 is 0 Å². The molecule has 2 nitrogen and oxygen atoms in total. The molecule has 0 fully saturated rings. The molecule has 2 heteroatoms. The van der Waals surface area contributed by atoms with Gasteiger partial charge in [-0.15, -0.1) is 0 Å². The quantitative estimate of drug-likeness (QED) is 0.107. The van der Waals surface area contributed by atoms with E-state index >= 15 is 0 Å². The summed E-state index contributed by atoms with van der Waals surface area (Å²) in [7, 11) is 0. The molecule has 0 aliphatic carbocycles. The lowest BCUT2D eigenvalue weighted by Gasteiger charge is -2.19. The fourth-order valence-corrected chi connectivity index (χ4v) is 14.8. The maximum atomic E-state index is 14.9. The zero-order valence-electron chi connectivity index (χ0n) is 44.5. The van der Waals surface area contributed by atoms with Gasteiger partial charge in [-0.25, -0.2) is 0 Å². The van der Waals surface area contributed by atoms with Gasteiger partial charge in [-0.2, -0.15) is 0 Å². The van der Waals surface area contributed by atoms with Gasteiger partial charge in [0.05, 0.1) is 0 Å². The van der Waals surface area contributed by atoms with Crippen LogP contribution in [-0.2, 0) is 12.8 Å². The number of hydrogen-bond acceptors (Lipinski definition) is 2. The van der Waals surface area contributed by atoms with E-state index in [-0.39, 0.29) is 11.6 Å². The standard InChI is InChI=1S/C80H46O2/c81-79(69-39-29-53-16-14-48-8-3-10-50-25-37-67(69)75(53)72(48)50)59-11-4-12-60(44-59)80(82)70-40-30-56-27-36-66-64(34-24-55-28-38-68(70)78(56)77(55)66)63-33-23-54-22-32-62-58(20-18-52-26-35-65(63)76(54)74(52)62)43-46-6-1-5-45(41-46)42-57-19-17-51-15-13-47-7-2-9-49-21-31-61(57)73(51)71(47)49/h1-41,44H,42-43H2. The van der Waals surface area contributed by atoms with Crippen molar-refractivity contribution in [3.8, 4) is 11.1 Å². The Morgan fingerprint density at radius 2 is 0.524 bits per heavy atom. The Balaban J connectivity index is 0.697. The van der Waals surface area contributed by atoms with E-state index < -0.39 is 0 Å². The normalized spacial score (nSPS) is 12.3. The van der Waals surface area contributed by atoms with E-state index in [0.29, 0.717) is 22.3 Å². The van der Waals surface area contributed by atoms with Gasteiger partial charge in [-0.1, -0.05) is 237 Å². The predicted octanol–water partition coefficient (Wildman–Crippen LogP) is 20.6. The van der Waals surface area contributed by atoms with E-state index in [1.54, 1.807) is 6.07 Å². The molecule has 82 heavy (non-hydrogen) atoms. The van der Waals surface area contributed by atoms with Crippen LogP contribution in [0.25, 0.3) is 140 Å². The molecule has 18 aromatic rings. The van der Waals surface area contributed by atoms with Crippen LogP contribution in [0.3, 0.4) is 0 Å². The summed E-state index contributed by atoms with van der Waals surface area (Å²) >= 11 is 0. The minimum absolute atomic E-state index is 0.100. The zero-order valence-corrected chi connectivity index (χ0v) is 44.5. The predicted molar refractivity (Wildman–Crippen MR) is 345 cm³/mol. The topological polar surface area (TPSA) is 34.1 Å². The summed E-state index contributed by atoms with van der Waals surface area (Å²) in [5.41, 5.74) is 9.89. The molecule has 0 radical (unpaired) electrons. The average molecular weight is 1040 g/mol. The summed E-state index contributed by atoms with van der Waals surface area (Å²) in [4.78, 5) is 29.5. The first-order valence-electron chi connectivity index (χ1n) is 28.5. The molecule has 0 saturated heterocycles. The smallest absolute Gasteiger partial charge is 0.193 e. The second-order valence-corrected chi connectivity index (χ2v) is 22.9. The highest BCUT2D eigenvalue weighted by Gasteiger charge is 2.23. The summed E-state index contributed by atoms with van der Waals surface area (Å²) in [6, 6.07) is 91.5. The number of benzene rings is 18. The highest BCUT2D eigenvalue weighted by Crippen LogP contribution is 2.46. The third kappa shape index (κ3) is 6.52. The van der Waals surface area contributed by atoms with E-state index in [2.05, 4.69) is 212 Å². The van der Waals surface area contributed by atoms with Crippen molar-refractivity contribution in [2.75, 3.05) is 0 Å². The van der Waals surface area contributed by atoms with Gasteiger partial charge in [0.2, 0.25) is 0 Å². The van der Waals surface area contributed by atoms with Gasteiger partial charge >= 0.3 is 0 Å². The minimum Gasteiger partial charge on any atom is -0.289 e. The van der Waals surface area contributed by atoms with Crippen LogP contribution in [-0.4, -0.2) is 11.6 Å². The van der Waals surface area contributed by atoms with Crippen molar-refractivity contribution in [3.63, 3.8) is 0 Å². The van der Waals surface area contributed by atoms with Gasteiger partial charge in [0.1, 0.15) is 0 Å². The van der Waals surface area contributed by atoms with Crippen molar-refractivity contribution < 1.29 is 9.59 Å². The summed E-state index contributed by atoms with van der Waals surface area (Å²) in [5.74, 6) is -0.210. The number of rotatable bonds is 9. The molecule has 0 bridgehead atoms. The highest BCUT2D eigenvalue weighted by atomic mass is 16.1. The van der Waals surface area contributed by atoms with Crippen molar-refractivity contribution in [1.29, 1.82) is 0 Å². The molecule has 0 aliphatic heterocycles.